The Morgan fingerprint density at radius 3 is 1.51 bits per heavy atom. The highest BCUT2D eigenvalue weighted by Crippen LogP contribution is 2.41. The third-order valence-electron chi connectivity index (χ3n) is 12.0. The number of carbonyl (C=O) groups is 2. The van der Waals surface area contributed by atoms with Gasteiger partial charge in [-0.2, -0.15) is 0 Å². The Hall–Kier alpha value is -1.10. The molecule has 0 spiro atoms. The van der Waals surface area contributed by atoms with Crippen LogP contribution in [0.2, 0.25) is 0 Å². The number of rotatable bonds is 35. The van der Waals surface area contributed by atoms with Crippen LogP contribution in [0.25, 0.3) is 0 Å². The van der Waals surface area contributed by atoms with E-state index in [0.29, 0.717) is 18.9 Å². The lowest BCUT2D eigenvalue weighted by Crippen LogP contribution is -2.49. The van der Waals surface area contributed by atoms with Crippen molar-refractivity contribution in [2.45, 2.75) is 250 Å². The van der Waals surface area contributed by atoms with Crippen LogP contribution in [0.4, 0.5) is 0 Å². The van der Waals surface area contributed by atoms with E-state index in [1.807, 2.05) is 13.8 Å². The largest absolute Gasteiger partial charge is 0.465 e. The van der Waals surface area contributed by atoms with Crippen molar-refractivity contribution in [1.29, 1.82) is 0 Å². The molecule has 0 rings (SSSR count). The molecule has 5 heteroatoms. The van der Waals surface area contributed by atoms with Crippen LogP contribution in [-0.4, -0.2) is 49.7 Å². The highest BCUT2D eigenvalue weighted by molar-refractivity contribution is 5.77. The van der Waals surface area contributed by atoms with Gasteiger partial charge in [0.15, 0.2) is 0 Å². The van der Waals surface area contributed by atoms with Crippen LogP contribution < -0.4 is 0 Å². The van der Waals surface area contributed by atoms with Crippen LogP contribution in [0.5, 0.6) is 0 Å². The van der Waals surface area contributed by atoms with Crippen LogP contribution in [0.15, 0.2) is 0 Å². The van der Waals surface area contributed by atoms with Crippen molar-refractivity contribution in [2.75, 3.05) is 26.7 Å². The Morgan fingerprint density at radius 2 is 1.00 bits per heavy atom. The summed E-state index contributed by atoms with van der Waals surface area (Å²) in [7, 11) is 2.19. The van der Waals surface area contributed by atoms with Gasteiger partial charge in [0.25, 0.3) is 0 Å². The van der Waals surface area contributed by atoms with E-state index in [1.165, 1.54) is 96.3 Å². The summed E-state index contributed by atoms with van der Waals surface area (Å²) in [5.41, 5.74) is -0.542. The minimum absolute atomic E-state index is 0.00235. The number of nitrogens with zero attached hydrogens (tertiary/aromatic N) is 1. The number of esters is 2. The van der Waals surface area contributed by atoms with Gasteiger partial charge in [-0.1, -0.05) is 172 Å². The Labute approximate surface area is 333 Å². The summed E-state index contributed by atoms with van der Waals surface area (Å²) in [6.07, 6.45) is 29.0. The first kappa shape index (κ1) is 54.0. The molecule has 0 bridgehead atoms. The summed E-state index contributed by atoms with van der Waals surface area (Å²) >= 11 is 0. The summed E-state index contributed by atoms with van der Waals surface area (Å²) in [5.74, 6) is 0.480. The Bertz CT molecular complexity index is 850. The van der Waals surface area contributed by atoms with Gasteiger partial charge in [-0.05, 0) is 89.0 Å². The van der Waals surface area contributed by atoms with Gasteiger partial charge in [0.1, 0.15) is 6.10 Å². The fraction of sp³-hybridized carbons (Fsp3) is 0.958. The lowest BCUT2D eigenvalue weighted by Gasteiger charge is -2.43. The fourth-order valence-corrected chi connectivity index (χ4v) is 7.23. The van der Waals surface area contributed by atoms with Crippen molar-refractivity contribution < 1.29 is 19.1 Å². The van der Waals surface area contributed by atoms with Crippen molar-refractivity contribution in [3.05, 3.63) is 0 Å². The molecule has 0 fully saturated rings. The molecule has 0 radical (unpaired) electrons. The molecule has 5 nitrogen and oxygen atoms in total. The van der Waals surface area contributed by atoms with Gasteiger partial charge < -0.3 is 14.4 Å². The van der Waals surface area contributed by atoms with Crippen molar-refractivity contribution in [1.82, 2.24) is 4.90 Å². The molecule has 0 amide bonds. The van der Waals surface area contributed by atoms with Crippen LogP contribution in [0, 0.1) is 22.2 Å². The van der Waals surface area contributed by atoms with Crippen LogP contribution in [0.3, 0.4) is 0 Å². The maximum Gasteiger partial charge on any atom is 0.312 e. The maximum atomic E-state index is 13.8. The monoisotopic (exact) mass is 752 g/mol. The van der Waals surface area contributed by atoms with Crippen molar-refractivity contribution >= 4 is 11.9 Å². The summed E-state index contributed by atoms with van der Waals surface area (Å²) in [5, 5.41) is 0. The summed E-state index contributed by atoms with van der Waals surface area (Å²) in [6.45, 7) is 28.8. The van der Waals surface area contributed by atoms with Gasteiger partial charge in [-0.15, -0.1) is 0 Å². The van der Waals surface area contributed by atoms with Gasteiger partial charge in [0.2, 0.25) is 0 Å². The molecule has 0 aliphatic rings. The predicted molar refractivity (Wildman–Crippen MR) is 233 cm³/mol. The molecular formula is C48H97NO4. The average molecular weight is 752 g/mol. The molecular weight excluding hydrogens is 655 g/mol. The molecule has 2 atom stereocenters. The van der Waals surface area contributed by atoms with Gasteiger partial charge in [0, 0.05) is 19.5 Å². The zero-order chi connectivity index (χ0) is 40.6. The first-order valence-electron chi connectivity index (χ1n) is 23.2. The molecule has 0 N–H and O–H groups in total. The van der Waals surface area contributed by atoms with Gasteiger partial charge >= 0.3 is 11.9 Å². The average Bonchev–Trinajstić information content (AvgIpc) is 3.11. The molecule has 53 heavy (non-hydrogen) atoms. The summed E-state index contributed by atoms with van der Waals surface area (Å²) in [4.78, 5) is 28.7. The van der Waals surface area contributed by atoms with E-state index in [0.717, 1.165) is 70.9 Å². The van der Waals surface area contributed by atoms with E-state index < -0.39 is 5.41 Å². The van der Waals surface area contributed by atoms with Gasteiger partial charge in [0.05, 0.1) is 12.0 Å². The molecule has 0 saturated carbocycles. The molecule has 0 saturated heterocycles. The minimum atomic E-state index is -0.581. The molecule has 0 aliphatic carbocycles. The van der Waals surface area contributed by atoms with Crippen molar-refractivity contribution in [2.24, 2.45) is 22.2 Å². The zero-order valence-corrected chi connectivity index (χ0v) is 38.5. The molecule has 0 heterocycles. The lowest BCUT2D eigenvalue weighted by molar-refractivity contribution is -0.168. The molecule has 0 aromatic rings. The Kier molecular flexibility index (Phi) is 33.7. The highest BCUT2D eigenvalue weighted by atomic mass is 16.5. The molecule has 0 aromatic heterocycles. The van der Waals surface area contributed by atoms with Crippen LogP contribution in [-0.2, 0) is 19.1 Å². The third-order valence-corrected chi connectivity index (χ3v) is 12.0. The number of unbranched alkanes of at least 4 members (excludes halogenated alkanes) is 15. The van der Waals surface area contributed by atoms with E-state index in [-0.39, 0.29) is 28.9 Å². The fourth-order valence-electron chi connectivity index (χ4n) is 7.23. The van der Waals surface area contributed by atoms with E-state index in [1.54, 1.807) is 0 Å². The van der Waals surface area contributed by atoms with Crippen LogP contribution >= 0.6 is 0 Å². The van der Waals surface area contributed by atoms with E-state index >= 15 is 0 Å². The smallest absolute Gasteiger partial charge is 0.312 e. The quantitative estimate of drug-likeness (QED) is 0.0477. The molecule has 0 aliphatic heterocycles. The topological polar surface area (TPSA) is 55.8 Å². The van der Waals surface area contributed by atoms with E-state index in [9.17, 15) is 9.59 Å². The van der Waals surface area contributed by atoms with E-state index in [2.05, 4.69) is 81.2 Å². The highest BCUT2D eigenvalue weighted by Gasteiger charge is 2.45. The normalized spacial score (nSPS) is 13.4. The molecule has 2 unspecified atom stereocenters. The molecule has 0 aromatic carbocycles. The predicted octanol–water partition coefficient (Wildman–Crippen LogP) is 14.9. The Balaban J connectivity index is 0. The summed E-state index contributed by atoms with van der Waals surface area (Å²) < 4.78 is 12.1. The van der Waals surface area contributed by atoms with Gasteiger partial charge in [-0.25, -0.2) is 0 Å². The zero-order valence-electron chi connectivity index (χ0n) is 38.5. The van der Waals surface area contributed by atoms with Crippen molar-refractivity contribution in [3.63, 3.8) is 0 Å². The van der Waals surface area contributed by atoms with Crippen molar-refractivity contribution in [3.8, 4) is 0 Å². The SMILES string of the molecule is CC.CCCCCCCCCC(CCCCCCCCC(=O)OCC(CCCC)CCCCCC)OC(=O)C(C)(C)C(C)(C)CN(C)CC(C)(C)CC. The second-order valence-corrected chi connectivity index (χ2v) is 18.3. The second kappa shape index (κ2) is 33.1. The molecule has 318 valence electrons. The number of hydrogen-bond acceptors (Lipinski definition) is 5. The van der Waals surface area contributed by atoms with Gasteiger partial charge in [-0.3, -0.25) is 9.59 Å². The van der Waals surface area contributed by atoms with Crippen LogP contribution in [0.1, 0.15) is 244 Å². The first-order chi connectivity index (χ1) is 25.2. The standard InChI is InChI=1S/C46H91NO4.C2H6/c1-12-16-19-21-22-25-29-34-41(51-43(49)46(9,10)45(7,8)39-47(11)38-44(5,6)15-4)35-30-26-23-24-27-31-36-42(48)50-37-40(32-18-14-3)33-28-20-17-13-2;1-2/h40-41H,12-39H2,1-11H3;1-2H3. The lowest BCUT2D eigenvalue weighted by atomic mass is 9.67. The van der Waals surface area contributed by atoms with E-state index in [4.69, 9.17) is 9.47 Å². The first-order valence-corrected chi connectivity index (χ1v) is 23.2. The maximum absolute atomic E-state index is 13.8. The number of carbonyl (C=O) groups excluding carboxylic acids is 2. The number of hydrogen-bond donors (Lipinski definition) is 0. The summed E-state index contributed by atoms with van der Waals surface area (Å²) in [6, 6.07) is 0. The Morgan fingerprint density at radius 1 is 0.566 bits per heavy atom. The second-order valence-electron chi connectivity index (χ2n) is 18.3. The third kappa shape index (κ3) is 28.0. The number of ether oxygens (including phenoxy) is 2. The minimum Gasteiger partial charge on any atom is -0.465 e.